The molecule has 0 saturated heterocycles. The van der Waals surface area contributed by atoms with Gasteiger partial charge in [-0.3, -0.25) is 0 Å². The molecule has 0 heterocycles. The monoisotopic (exact) mass is 168 g/mol. The van der Waals surface area contributed by atoms with Crippen LogP contribution in [0.4, 0.5) is 0 Å². The van der Waals surface area contributed by atoms with Crippen LogP contribution in [0.1, 0.15) is 51.9 Å². The fraction of sp³-hybridized carbons (Fsp3) is 1.00. The van der Waals surface area contributed by atoms with Crippen LogP contribution in [0.2, 0.25) is 0 Å². The molecule has 2 saturated carbocycles. The molecular formula is C11H20O. The largest absolute Gasteiger partial charge is 0.392 e. The maximum Gasteiger partial charge on any atom is 0.0621 e. The van der Waals surface area contributed by atoms with E-state index in [0.717, 1.165) is 0 Å². The lowest BCUT2D eigenvalue weighted by molar-refractivity contribution is 0.00309. The van der Waals surface area contributed by atoms with Gasteiger partial charge >= 0.3 is 0 Å². The molecule has 0 unspecified atom stereocenters. The Bertz CT molecular complexity index is 153. The van der Waals surface area contributed by atoms with Gasteiger partial charge in [0.1, 0.15) is 0 Å². The van der Waals surface area contributed by atoms with E-state index < -0.39 is 0 Å². The van der Waals surface area contributed by atoms with Crippen molar-refractivity contribution in [1.82, 2.24) is 0 Å². The molecule has 2 rings (SSSR count). The van der Waals surface area contributed by atoms with Crippen LogP contribution in [0.25, 0.3) is 0 Å². The fourth-order valence-corrected chi connectivity index (χ4v) is 3.23. The molecule has 70 valence electrons. The maximum atomic E-state index is 10.1. The van der Waals surface area contributed by atoms with Gasteiger partial charge in [-0.25, -0.2) is 0 Å². The van der Waals surface area contributed by atoms with E-state index in [2.05, 4.69) is 6.92 Å². The number of hydrogen-bond acceptors (Lipinski definition) is 1. The van der Waals surface area contributed by atoms with Crippen LogP contribution in [0.5, 0.6) is 0 Å². The first-order valence-electron chi connectivity index (χ1n) is 5.43. The van der Waals surface area contributed by atoms with E-state index in [9.17, 15) is 5.11 Å². The molecule has 0 aromatic heterocycles. The Kier molecular flexibility index (Phi) is 2.16. The normalized spacial score (nSPS) is 40.5. The van der Waals surface area contributed by atoms with Crippen molar-refractivity contribution >= 4 is 0 Å². The van der Waals surface area contributed by atoms with Crippen molar-refractivity contribution in [1.29, 1.82) is 0 Å². The van der Waals surface area contributed by atoms with Crippen LogP contribution in [-0.4, -0.2) is 11.2 Å². The molecule has 12 heavy (non-hydrogen) atoms. The van der Waals surface area contributed by atoms with E-state index in [-0.39, 0.29) is 6.10 Å². The van der Waals surface area contributed by atoms with Gasteiger partial charge in [0.2, 0.25) is 0 Å². The summed E-state index contributed by atoms with van der Waals surface area (Å²) in [6.45, 7) is 2.20. The second-order valence-electron chi connectivity index (χ2n) is 4.88. The number of aliphatic hydroxyl groups excluding tert-OH is 1. The van der Waals surface area contributed by atoms with Gasteiger partial charge < -0.3 is 5.11 Å². The zero-order valence-corrected chi connectivity index (χ0v) is 8.05. The molecule has 0 aliphatic heterocycles. The standard InChI is InChI=1S/C11H20O/c1-9-5-8-11(10(9)12)6-3-2-4-7-11/h9-10,12H,2-8H2,1H3/t9-,10+/m0/s1. The summed E-state index contributed by atoms with van der Waals surface area (Å²) in [7, 11) is 0. The quantitative estimate of drug-likeness (QED) is 0.589. The SMILES string of the molecule is C[C@H]1CCC2(CCCCC2)[C@@H]1O. The first-order chi connectivity index (χ1) is 5.75. The zero-order chi connectivity index (χ0) is 8.60. The average Bonchev–Trinajstić information content (AvgIpc) is 2.37. The van der Waals surface area contributed by atoms with E-state index >= 15 is 0 Å². The van der Waals surface area contributed by atoms with E-state index in [1.54, 1.807) is 0 Å². The van der Waals surface area contributed by atoms with Crippen LogP contribution in [0.15, 0.2) is 0 Å². The molecular weight excluding hydrogens is 148 g/mol. The summed E-state index contributed by atoms with van der Waals surface area (Å²) < 4.78 is 0. The predicted octanol–water partition coefficient (Wildman–Crippen LogP) is 2.73. The highest BCUT2D eigenvalue weighted by Gasteiger charge is 2.45. The lowest BCUT2D eigenvalue weighted by Gasteiger charge is -2.37. The smallest absolute Gasteiger partial charge is 0.0621 e. The van der Waals surface area contributed by atoms with E-state index in [0.29, 0.717) is 11.3 Å². The molecule has 0 aromatic carbocycles. The predicted molar refractivity (Wildman–Crippen MR) is 49.9 cm³/mol. The van der Waals surface area contributed by atoms with Crippen LogP contribution in [-0.2, 0) is 0 Å². The van der Waals surface area contributed by atoms with Crippen molar-refractivity contribution < 1.29 is 5.11 Å². The third-order valence-corrected chi connectivity index (χ3v) is 4.11. The van der Waals surface area contributed by atoms with Gasteiger partial charge in [0.15, 0.2) is 0 Å². The first kappa shape index (κ1) is 8.55. The van der Waals surface area contributed by atoms with Gasteiger partial charge in [-0.2, -0.15) is 0 Å². The lowest BCUT2D eigenvalue weighted by Crippen LogP contribution is -2.34. The average molecular weight is 168 g/mol. The maximum absolute atomic E-state index is 10.1. The molecule has 2 atom stereocenters. The molecule has 0 radical (unpaired) electrons. The second kappa shape index (κ2) is 3.02. The van der Waals surface area contributed by atoms with Gasteiger partial charge in [-0.1, -0.05) is 26.2 Å². The Labute approximate surface area is 75.2 Å². The molecule has 1 heteroatoms. The summed E-state index contributed by atoms with van der Waals surface area (Å²) in [4.78, 5) is 0. The third-order valence-electron chi connectivity index (χ3n) is 4.11. The lowest BCUT2D eigenvalue weighted by atomic mass is 9.71. The van der Waals surface area contributed by atoms with Crippen molar-refractivity contribution in [2.75, 3.05) is 0 Å². The van der Waals surface area contributed by atoms with Crippen molar-refractivity contribution in [3.8, 4) is 0 Å². The topological polar surface area (TPSA) is 20.2 Å². The minimum absolute atomic E-state index is 0.0119. The molecule has 0 aromatic rings. The Morgan fingerprint density at radius 2 is 1.75 bits per heavy atom. The summed E-state index contributed by atoms with van der Waals surface area (Å²) in [5.74, 6) is 0.558. The minimum atomic E-state index is 0.0119. The molecule has 1 N–H and O–H groups in total. The Balaban J connectivity index is 2.09. The van der Waals surface area contributed by atoms with Crippen molar-refractivity contribution in [2.24, 2.45) is 11.3 Å². The Hall–Kier alpha value is -0.0400. The highest BCUT2D eigenvalue weighted by atomic mass is 16.3. The summed E-state index contributed by atoms with van der Waals surface area (Å²) in [6, 6.07) is 0. The molecule has 2 aliphatic carbocycles. The van der Waals surface area contributed by atoms with E-state index in [1.165, 1.54) is 44.9 Å². The molecule has 0 amide bonds. The summed E-state index contributed by atoms with van der Waals surface area (Å²) in [5.41, 5.74) is 0.359. The van der Waals surface area contributed by atoms with Crippen LogP contribution in [0.3, 0.4) is 0 Å². The van der Waals surface area contributed by atoms with Gasteiger partial charge in [-0.05, 0) is 37.0 Å². The highest BCUT2D eigenvalue weighted by molar-refractivity contribution is 4.96. The number of hydrogen-bond donors (Lipinski definition) is 1. The van der Waals surface area contributed by atoms with Crippen molar-refractivity contribution in [3.05, 3.63) is 0 Å². The van der Waals surface area contributed by atoms with Crippen molar-refractivity contribution in [3.63, 3.8) is 0 Å². The third kappa shape index (κ3) is 1.19. The Morgan fingerprint density at radius 1 is 1.08 bits per heavy atom. The second-order valence-corrected chi connectivity index (χ2v) is 4.88. The number of aliphatic hydroxyl groups is 1. The van der Waals surface area contributed by atoms with Crippen LogP contribution >= 0.6 is 0 Å². The molecule has 2 aliphatic rings. The van der Waals surface area contributed by atoms with Gasteiger partial charge in [0.05, 0.1) is 6.10 Å². The van der Waals surface area contributed by atoms with Gasteiger partial charge in [-0.15, -0.1) is 0 Å². The molecule has 2 fully saturated rings. The summed E-state index contributed by atoms with van der Waals surface area (Å²) >= 11 is 0. The molecule has 1 nitrogen and oxygen atoms in total. The summed E-state index contributed by atoms with van der Waals surface area (Å²) in [5, 5.41) is 10.1. The van der Waals surface area contributed by atoms with Crippen LogP contribution in [0, 0.1) is 11.3 Å². The fourth-order valence-electron chi connectivity index (χ4n) is 3.23. The first-order valence-corrected chi connectivity index (χ1v) is 5.43. The molecule has 1 spiro atoms. The molecule has 0 bridgehead atoms. The zero-order valence-electron chi connectivity index (χ0n) is 8.05. The van der Waals surface area contributed by atoms with Crippen molar-refractivity contribution in [2.45, 2.75) is 58.0 Å². The number of rotatable bonds is 0. The minimum Gasteiger partial charge on any atom is -0.392 e. The summed E-state index contributed by atoms with van der Waals surface area (Å²) in [6.07, 6.45) is 9.22. The Morgan fingerprint density at radius 3 is 2.25 bits per heavy atom. The van der Waals surface area contributed by atoms with Gasteiger partial charge in [0, 0.05) is 0 Å². The van der Waals surface area contributed by atoms with E-state index in [4.69, 9.17) is 0 Å². The van der Waals surface area contributed by atoms with Gasteiger partial charge in [0.25, 0.3) is 0 Å². The highest BCUT2D eigenvalue weighted by Crippen LogP contribution is 2.51. The van der Waals surface area contributed by atoms with Crippen LogP contribution < -0.4 is 0 Å². The van der Waals surface area contributed by atoms with E-state index in [1.807, 2.05) is 0 Å².